The number of aromatic nitrogens is 3. The summed E-state index contributed by atoms with van der Waals surface area (Å²) < 4.78 is 10.8. The molecule has 108 valence electrons. The van der Waals surface area contributed by atoms with Crippen LogP contribution in [-0.4, -0.2) is 20.8 Å². The maximum absolute atomic E-state index is 11.8. The Hall–Kier alpha value is -2.68. The maximum atomic E-state index is 11.8. The van der Waals surface area contributed by atoms with E-state index < -0.39 is 11.7 Å². The summed E-state index contributed by atoms with van der Waals surface area (Å²) in [5, 5.41) is 12.0. The Balaban J connectivity index is 1.73. The summed E-state index contributed by atoms with van der Waals surface area (Å²) in [4.78, 5) is 24.2. The number of amides is 1. The van der Waals surface area contributed by atoms with Crippen LogP contribution in [0.25, 0.3) is 10.8 Å². The predicted octanol–water partition coefficient (Wildman–Crippen LogP) is 1.50. The number of aryl methyl sites for hydroxylation is 1. The highest BCUT2D eigenvalue weighted by molar-refractivity contribution is 7.13. The molecule has 0 aliphatic rings. The van der Waals surface area contributed by atoms with E-state index in [1.807, 2.05) is 11.4 Å². The molecule has 3 aromatic heterocycles. The molecule has 1 N–H and O–H groups in total. The standard InChI is InChI=1S/C12H10N4O4S/c1-7-5-9(15-20-7)13-10(17)6-16-12(18)19-11(14-16)8-3-2-4-21-8/h2-5H,6H2,1H3,(H,13,15,17). The number of carbonyl (C=O) groups excluding carboxylic acids is 1. The van der Waals surface area contributed by atoms with Crippen molar-refractivity contribution >= 4 is 23.1 Å². The van der Waals surface area contributed by atoms with Gasteiger partial charge in [-0.2, -0.15) is 4.68 Å². The monoisotopic (exact) mass is 306 g/mol. The van der Waals surface area contributed by atoms with Crippen LogP contribution in [0.3, 0.4) is 0 Å². The van der Waals surface area contributed by atoms with Crippen LogP contribution in [0.1, 0.15) is 5.76 Å². The van der Waals surface area contributed by atoms with Crippen LogP contribution in [0.15, 0.2) is 37.3 Å². The Labute approximate surface area is 122 Å². The summed E-state index contributed by atoms with van der Waals surface area (Å²) >= 11 is 1.39. The first-order chi connectivity index (χ1) is 10.1. The second-order valence-corrected chi connectivity index (χ2v) is 5.13. The molecule has 0 atom stereocenters. The fourth-order valence-electron chi connectivity index (χ4n) is 1.65. The Morgan fingerprint density at radius 2 is 2.38 bits per heavy atom. The van der Waals surface area contributed by atoms with Crippen molar-refractivity contribution in [2.75, 3.05) is 5.32 Å². The molecule has 0 aliphatic heterocycles. The molecule has 0 aliphatic carbocycles. The molecule has 21 heavy (non-hydrogen) atoms. The van der Waals surface area contributed by atoms with E-state index in [0.29, 0.717) is 5.76 Å². The minimum absolute atomic E-state index is 0.195. The van der Waals surface area contributed by atoms with Crippen molar-refractivity contribution < 1.29 is 13.7 Å². The van der Waals surface area contributed by atoms with E-state index >= 15 is 0 Å². The van der Waals surface area contributed by atoms with Crippen molar-refractivity contribution in [3.05, 3.63) is 39.9 Å². The average Bonchev–Trinajstić information content (AvgIpc) is 3.13. The van der Waals surface area contributed by atoms with Crippen LogP contribution in [-0.2, 0) is 11.3 Å². The van der Waals surface area contributed by atoms with Crippen LogP contribution >= 0.6 is 11.3 Å². The first-order valence-electron chi connectivity index (χ1n) is 5.97. The Bertz CT molecular complexity index is 815. The van der Waals surface area contributed by atoms with Crippen molar-refractivity contribution in [1.29, 1.82) is 0 Å². The number of rotatable bonds is 4. The Morgan fingerprint density at radius 3 is 3.05 bits per heavy atom. The van der Waals surface area contributed by atoms with Crippen LogP contribution in [0, 0.1) is 6.92 Å². The van der Waals surface area contributed by atoms with Gasteiger partial charge in [-0.15, -0.1) is 16.4 Å². The van der Waals surface area contributed by atoms with Crippen LogP contribution in [0.4, 0.5) is 5.82 Å². The lowest BCUT2D eigenvalue weighted by Gasteiger charge is -1.98. The fraction of sp³-hybridized carbons (Fsp3) is 0.167. The minimum atomic E-state index is -0.690. The van der Waals surface area contributed by atoms with Crippen molar-refractivity contribution in [2.24, 2.45) is 0 Å². The molecular formula is C12H10N4O4S. The van der Waals surface area contributed by atoms with Gasteiger partial charge in [0.05, 0.1) is 4.88 Å². The van der Waals surface area contributed by atoms with Gasteiger partial charge in [0.25, 0.3) is 5.89 Å². The lowest BCUT2D eigenvalue weighted by atomic mass is 10.5. The Kier molecular flexibility index (Phi) is 3.40. The third-order valence-electron chi connectivity index (χ3n) is 2.53. The van der Waals surface area contributed by atoms with Gasteiger partial charge >= 0.3 is 5.76 Å². The number of nitrogens with zero attached hydrogens (tertiary/aromatic N) is 3. The molecule has 0 saturated heterocycles. The normalized spacial score (nSPS) is 10.7. The van der Waals surface area contributed by atoms with Gasteiger partial charge in [0.15, 0.2) is 5.82 Å². The van der Waals surface area contributed by atoms with Crippen molar-refractivity contribution in [3.8, 4) is 10.8 Å². The van der Waals surface area contributed by atoms with Crippen LogP contribution in [0.2, 0.25) is 0 Å². The van der Waals surface area contributed by atoms with E-state index in [9.17, 15) is 9.59 Å². The summed E-state index contributed by atoms with van der Waals surface area (Å²) in [5.74, 6) is -0.0854. The van der Waals surface area contributed by atoms with Gasteiger partial charge < -0.3 is 14.3 Å². The van der Waals surface area contributed by atoms with E-state index in [-0.39, 0.29) is 18.3 Å². The van der Waals surface area contributed by atoms with Gasteiger partial charge in [-0.3, -0.25) is 4.79 Å². The van der Waals surface area contributed by atoms with Gasteiger partial charge in [-0.1, -0.05) is 11.2 Å². The highest BCUT2D eigenvalue weighted by Gasteiger charge is 2.14. The van der Waals surface area contributed by atoms with E-state index in [1.54, 1.807) is 19.1 Å². The minimum Gasteiger partial charge on any atom is -0.387 e. The van der Waals surface area contributed by atoms with Crippen molar-refractivity contribution in [2.45, 2.75) is 13.5 Å². The summed E-state index contributed by atoms with van der Waals surface area (Å²) in [5.41, 5.74) is 0. The second-order valence-electron chi connectivity index (χ2n) is 4.18. The molecular weight excluding hydrogens is 296 g/mol. The fourth-order valence-corrected chi connectivity index (χ4v) is 2.29. The third kappa shape index (κ3) is 2.92. The number of anilines is 1. The van der Waals surface area contributed by atoms with Gasteiger partial charge in [0, 0.05) is 6.07 Å². The second kappa shape index (κ2) is 5.37. The summed E-state index contributed by atoms with van der Waals surface area (Å²) in [6.45, 7) is 1.44. The summed E-state index contributed by atoms with van der Waals surface area (Å²) in [6, 6.07) is 5.16. The van der Waals surface area contributed by atoms with Crippen LogP contribution < -0.4 is 11.1 Å². The third-order valence-corrected chi connectivity index (χ3v) is 3.38. The number of hydrogen-bond acceptors (Lipinski definition) is 7. The van der Waals surface area contributed by atoms with E-state index in [4.69, 9.17) is 8.94 Å². The number of thiophene rings is 1. The first kappa shape index (κ1) is 13.3. The van der Waals surface area contributed by atoms with E-state index in [1.165, 1.54) is 11.3 Å². The molecule has 0 unspecified atom stereocenters. The molecule has 3 aromatic rings. The quantitative estimate of drug-likeness (QED) is 0.783. The number of carbonyl (C=O) groups is 1. The molecule has 9 heteroatoms. The van der Waals surface area contributed by atoms with E-state index in [0.717, 1.165) is 9.56 Å². The lowest BCUT2D eigenvalue weighted by Crippen LogP contribution is -2.25. The Morgan fingerprint density at radius 1 is 1.52 bits per heavy atom. The SMILES string of the molecule is Cc1cc(NC(=O)Cn2nc(-c3cccs3)oc2=O)no1. The maximum Gasteiger partial charge on any atom is 0.437 e. The predicted molar refractivity (Wildman–Crippen MR) is 73.9 cm³/mol. The molecule has 1 amide bonds. The largest absolute Gasteiger partial charge is 0.437 e. The van der Waals surface area contributed by atoms with Gasteiger partial charge in [0.2, 0.25) is 5.91 Å². The molecule has 0 saturated carbocycles. The molecule has 0 aromatic carbocycles. The molecule has 8 nitrogen and oxygen atoms in total. The zero-order valence-electron chi connectivity index (χ0n) is 10.9. The smallest absolute Gasteiger partial charge is 0.387 e. The average molecular weight is 306 g/mol. The van der Waals surface area contributed by atoms with E-state index in [2.05, 4.69) is 15.6 Å². The number of hydrogen-bond donors (Lipinski definition) is 1. The number of nitrogens with one attached hydrogen (secondary N) is 1. The van der Waals surface area contributed by atoms with Gasteiger partial charge in [-0.25, -0.2) is 4.79 Å². The molecule has 0 bridgehead atoms. The zero-order chi connectivity index (χ0) is 14.8. The van der Waals surface area contributed by atoms with Crippen LogP contribution in [0.5, 0.6) is 0 Å². The van der Waals surface area contributed by atoms with Crippen molar-refractivity contribution in [3.63, 3.8) is 0 Å². The molecule has 0 radical (unpaired) electrons. The van der Waals surface area contributed by atoms with Gasteiger partial charge in [0.1, 0.15) is 12.3 Å². The summed E-state index contributed by atoms with van der Waals surface area (Å²) in [6.07, 6.45) is 0. The summed E-state index contributed by atoms with van der Waals surface area (Å²) in [7, 11) is 0. The first-order valence-corrected chi connectivity index (χ1v) is 6.85. The molecule has 3 rings (SSSR count). The lowest BCUT2D eigenvalue weighted by molar-refractivity contribution is -0.117. The molecule has 0 spiro atoms. The van der Waals surface area contributed by atoms with Crippen molar-refractivity contribution in [1.82, 2.24) is 14.9 Å². The zero-order valence-corrected chi connectivity index (χ0v) is 11.7. The molecule has 3 heterocycles. The highest BCUT2D eigenvalue weighted by Crippen LogP contribution is 2.20. The topological polar surface area (TPSA) is 103 Å². The van der Waals surface area contributed by atoms with Gasteiger partial charge in [-0.05, 0) is 18.4 Å². The highest BCUT2D eigenvalue weighted by atomic mass is 32.1. The molecule has 0 fully saturated rings.